The van der Waals surface area contributed by atoms with Crippen molar-refractivity contribution in [2.75, 3.05) is 34.2 Å². The van der Waals surface area contributed by atoms with E-state index in [0.717, 1.165) is 0 Å². The molecule has 1 aromatic heterocycles. The fourth-order valence-corrected chi connectivity index (χ4v) is 3.78. The third kappa shape index (κ3) is 6.70. The van der Waals surface area contributed by atoms with Gasteiger partial charge in [0.2, 0.25) is 0 Å². The molecule has 1 aliphatic heterocycles. The highest BCUT2D eigenvalue weighted by Crippen LogP contribution is 2.32. The summed E-state index contributed by atoms with van der Waals surface area (Å²) in [5.74, 6) is 4.76. The minimum atomic E-state index is -5.15. The van der Waals surface area contributed by atoms with Crippen LogP contribution in [0.1, 0.15) is 41.9 Å². The third-order valence-electron chi connectivity index (χ3n) is 5.60. The highest BCUT2D eigenvalue weighted by atomic mass is 19.4. The van der Waals surface area contributed by atoms with Gasteiger partial charge in [0.05, 0.1) is 19.8 Å². The van der Waals surface area contributed by atoms with E-state index in [2.05, 4.69) is 11.8 Å². The molecule has 1 saturated heterocycles. The van der Waals surface area contributed by atoms with E-state index in [-0.39, 0.29) is 36.6 Å². The molecule has 0 unspecified atom stereocenters. The molecule has 0 saturated carbocycles. The van der Waals surface area contributed by atoms with Gasteiger partial charge in [-0.2, -0.15) is 17.7 Å². The number of ether oxygens (including phenoxy) is 5. The molecule has 0 aliphatic carbocycles. The van der Waals surface area contributed by atoms with Gasteiger partial charge in [-0.3, -0.25) is 14.2 Å². The van der Waals surface area contributed by atoms with E-state index < -0.39 is 47.3 Å². The van der Waals surface area contributed by atoms with Crippen LogP contribution in [0.3, 0.4) is 0 Å². The van der Waals surface area contributed by atoms with Gasteiger partial charge >= 0.3 is 11.9 Å². The number of rotatable bonds is 9. The maximum atomic E-state index is 13.8. The van der Waals surface area contributed by atoms with E-state index in [1.165, 1.54) is 38.5 Å². The Morgan fingerprint density at radius 1 is 1.16 bits per heavy atom. The Hall–Kier alpha value is -3.44. The SMILES string of the molecule is CCC#CCO[C@H]1C[C@H](n2cc(C(F)(F)F)c(=O)n(C(=O)c3ccc(OC)cc3)c2=O)O[C@@H]1COCOC. The van der Waals surface area contributed by atoms with Crippen molar-refractivity contribution < 1.29 is 41.7 Å². The van der Waals surface area contributed by atoms with E-state index >= 15 is 0 Å². The molecule has 0 spiro atoms. The molecule has 3 rings (SSSR count). The normalized spacial score (nSPS) is 19.2. The Labute approximate surface area is 215 Å². The van der Waals surface area contributed by atoms with Crippen LogP contribution in [-0.2, 0) is 25.1 Å². The van der Waals surface area contributed by atoms with Gasteiger partial charge in [-0.05, 0) is 24.3 Å². The summed E-state index contributed by atoms with van der Waals surface area (Å²) in [4.78, 5) is 39.1. The quantitative estimate of drug-likeness (QED) is 0.271. The van der Waals surface area contributed by atoms with Gasteiger partial charge in [-0.25, -0.2) is 4.79 Å². The van der Waals surface area contributed by atoms with Crippen molar-refractivity contribution in [2.45, 2.75) is 44.4 Å². The van der Waals surface area contributed by atoms with Crippen LogP contribution in [0.4, 0.5) is 13.2 Å². The lowest BCUT2D eigenvalue weighted by atomic mass is 10.2. The van der Waals surface area contributed by atoms with Gasteiger partial charge in [-0.1, -0.05) is 12.8 Å². The van der Waals surface area contributed by atoms with Crippen molar-refractivity contribution in [2.24, 2.45) is 0 Å². The van der Waals surface area contributed by atoms with E-state index in [9.17, 15) is 27.6 Å². The van der Waals surface area contributed by atoms with Crippen LogP contribution in [0.5, 0.6) is 5.75 Å². The number of aromatic nitrogens is 2. The number of hydrogen-bond acceptors (Lipinski definition) is 8. The largest absolute Gasteiger partial charge is 0.497 e. The summed E-state index contributed by atoms with van der Waals surface area (Å²) in [5, 5.41) is 0. The average molecular weight is 540 g/mol. The fraction of sp³-hybridized carbons (Fsp3) is 0.480. The van der Waals surface area contributed by atoms with Gasteiger partial charge < -0.3 is 23.7 Å². The maximum absolute atomic E-state index is 13.8. The summed E-state index contributed by atoms with van der Waals surface area (Å²) in [7, 11) is 2.79. The first kappa shape index (κ1) is 29.1. The van der Waals surface area contributed by atoms with Crippen LogP contribution in [0.2, 0.25) is 0 Å². The summed E-state index contributed by atoms with van der Waals surface area (Å²) >= 11 is 0. The van der Waals surface area contributed by atoms with E-state index in [1.54, 1.807) is 0 Å². The molecule has 206 valence electrons. The predicted octanol–water partition coefficient (Wildman–Crippen LogP) is 2.43. The van der Waals surface area contributed by atoms with Gasteiger partial charge in [0, 0.05) is 31.7 Å². The summed E-state index contributed by atoms with van der Waals surface area (Å²) in [6, 6.07) is 5.21. The number of alkyl halides is 3. The highest BCUT2D eigenvalue weighted by molar-refractivity contribution is 5.95. The lowest BCUT2D eigenvalue weighted by Gasteiger charge is -2.19. The summed E-state index contributed by atoms with van der Waals surface area (Å²) in [6.45, 7) is 1.75. The first-order valence-electron chi connectivity index (χ1n) is 11.6. The molecule has 3 atom stereocenters. The summed E-state index contributed by atoms with van der Waals surface area (Å²) in [6.07, 6.45) is -7.05. The Balaban J connectivity index is 2.04. The van der Waals surface area contributed by atoms with Gasteiger partial charge in [0.15, 0.2) is 0 Å². The number of carbonyl (C=O) groups excluding carboxylic acids is 1. The lowest BCUT2D eigenvalue weighted by molar-refractivity contribution is -0.140. The Morgan fingerprint density at radius 3 is 2.47 bits per heavy atom. The molecular formula is C25H27F3N2O8. The molecule has 1 aromatic carbocycles. The second-order valence-corrected chi connectivity index (χ2v) is 8.10. The molecule has 13 heteroatoms. The predicted molar refractivity (Wildman–Crippen MR) is 127 cm³/mol. The molecule has 10 nitrogen and oxygen atoms in total. The van der Waals surface area contributed by atoms with Crippen molar-refractivity contribution in [3.8, 4) is 17.6 Å². The Kier molecular flexibility index (Phi) is 9.87. The van der Waals surface area contributed by atoms with Crippen LogP contribution in [0.25, 0.3) is 0 Å². The Morgan fingerprint density at radius 2 is 1.87 bits per heavy atom. The minimum absolute atomic E-state index is 0.0213. The van der Waals surface area contributed by atoms with Crippen LogP contribution >= 0.6 is 0 Å². The topological polar surface area (TPSA) is 107 Å². The molecule has 0 amide bonds. The molecule has 1 fully saturated rings. The van der Waals surface area contributed by atoms with E-state index in [0.29, 0.717) is 22.9 Å². The van der Waals surface area contributed by atoms with Crippen LogP contribution in [-0.4, -0.2) is 61.5 Å². The average Bonchev–Trinajstić information content (AvgIpc) is 3.28. The molecule has 2 heterocycles. The zero-order valence-electron chi connectivity index (χ0n) is 20.9. The third-order valence-corrected chi connectivity index (χ3v) is 5.60. The lowest BCUT2D eigenvalue weighted by Crippen LogP contribution is -2.47. The van der Waals surface area contributed by atoms with Crippen LogP contribution in [0, 0.1) is 11.8 Å². The summed E-state index contributed by atoms with van der Waals surface area (Å²) in [5.41, 5.74) is -4.98. The van der Waals surface area contributed by atoms with Gasteiger partial charge in [-0.15, -0.1) is 5.92 Å². The van der Waals surface area contributed by atoms with Crippen molar-refractivity contribution in [3.05, 3.63) is 62.4 Å². The molecule has 38 heavy (non-hydrogen) atoms. The molecular weight excluding hydrogens is 513 g/mol. The van der Waals surface area contributed by atoms with Crippen molar-refractivity contribution >= 4 is 5.91 Å². The second-order valence-electron chi connectivity index (χ2n) is 8.10. The molecule has 0 bridgehead atoms. The fourth-order valence-electron chi connectivity index (χ4n) is 3.78. The highest BCUT2D eigenvalue weighted by Gasteiger charge is 2.41. The van der Waals surface area contributed by atoms with Crippen molar-refractivity contribution in [1.29, 1.82) is 0 Å². The Bertz CT molecular complexity index is 1290. The molecule has 0 radical (unpaired) electrons. The standard InChI is InChI=1S/C25H27F3N2O8/c1-4-5-6-11-37-19-12-21(38-20(19)14-36-15-34-2)29-13-18(25(26,27)28)23(32)30(24(29)33)22(31)16-7-9-17(35-3)10-8-16/h7-10,13,19-21H,4,11-12,14-15H2,1-3H3/t19-,20+,21+/m0/s1. The van der Waals surface area contributed by atoms with Crippen LogP contribution in [0.15, 0.2) is 40.1 Å². The van der Waals surface area contributed by atoms with Crippen molar-refractivity contribution in [3.63, 3.8) is 0 Å². The van der Waals surface area contributed by atoms with Gasteiger partial charge in [0.1, 0.15) is 37.0 Å². The first-order chi connectivity index (χ1) is 18.1. The minimum Gasteiger partial charge on any atom is -0.497 e. The second kappa shape index (κ2) is 12.9. The molecule has 2 aromatic rings. The first-order valence-corrected chi connectivity index (χ1v) is 11.6. The summed E-state index contributed by atoms with van der Waals surface area (Å²) < 4.78 is 68.7. The van der Waals surface area contributed by atoms with Crippen molar-refractivity contribution in [1.82, 2.24) is 9.13 Å². The zero-order chi connectivity index (χ0) is 27.9. The number of carbonyl (C=O) groups is 1. The maximum Gasteiger partial charge on any atom is 0.423 e. The van der Waals surface area contributed by atoms with Crippen LogP contribution < -0.4 is 16.0 Å². The zero-order valence-corrected chi connectivity index (χ0v) is 20.9. The smallest absolute Gasteiger partial charge is 0.423 e. The monoisotopic (exact) mass is 540 g/mol. The molecule has 1 aliphatic rings. The number of halogens is 3. The molecule has 0 N–H and O–H groups in total. The van der Waals surface area contributed by atoms with E-state index in [1.807, 2.05) is 6.92 Å². The number of nitrogens with zero attached hydrogens (tertiary/aromatic N) is 2. The number of benzene rings is 1. The number of hydrogen-bond donors (Lipinski definition) is 0. The van der Waals surface area contributed by atoms with E-state index in [4.69, 9.17) is 23.7 Å². The number of methoxy groups -OCH3 is 2. The van der Waals surface area contributed by atoms with Gasteiger partial charge in [0.25, 0.3) is 11.5 Å².